The second-order valence-electron chi connectivity index (χ2n) is 8.48. The van der Waals surface area contributed by atoms with Crippen LogP contribution in [0.25, 0.3) is 0 Å². The van der Waals surface area contributed by atoms with Crippen LogP contribution in [0.5, 0.6) is 0 Å². The number of anilines is 1. The van der Waals surface area contributed by atoms with Crippen molar-refractivity contribution in [3.8, 4) is 0 Å². The van der Waals surface area contributed by atoms with Crippen molar-refractivity contribution in [2.24, 2.45) is 10.9 Å². The van der Waals surface area contributed by atoms with Crippen LogP contribution < -0.4 is 11.1 Å². The van der Waals surface area contributed by atoms with Gasteiger partial charge in [-0.25, -0.2) is 8.78 Å². The molecule has 5 nitrogen and oxygen atoms in total. The number of nitrogens with two attached hydrogens (primary N) is 1. The summed E-state index contributed by atoms with van der Waals surface area (Å²) in [4.78, 5) is 4.31. The molecule has 143 valence electrons. The Kier molecular flexibility index (Phi) is 4.23. The van der Waals surface area contributed by atoms with Gasteiger partial charge in [0.05, 0.1) is 11.9 Å². The second kappa shape index (κ2) is 6.13. The van der Waals surface area contributed by atoms with Crippen molar-refractivity contribution >= 4 is 36.4 Å². The SMILES string of the molecule is C[Si](C)(C)c1cn(C[C@@]23C[C@@H]2[C@@](CF)(c2cc(N)ccc2F)N=[C]S3)nn1. The van der Waals surface area contributed by atoms with Gasteiger partial charge in [-0.05, 0) is 24.6 Å². The molecule has 9 heteroatoms. The molecule has 1 aromatic carbocycles. The Morgan fingerprint density at radius 3 is 2.85 bits per heavy atom. The van der Waals surface area contributed by atoms with Gasteiger partial charge in [-0.1, -0.05) is 36.6 Å². The van der Waals surface area contributed by atoms with Crippen molar-refractivity contribution < 1.29 is 8.78 Å². The van der Waals surface area contributed by atoms with E-state index < -0.39 is 26.1 Å². The highest BCUT2D eigenvalue weighted by atomic mass is 32.2. The Morgan fingerprint density at radius 2 is 2.19 bits per heavy atom. The highest BCUT2D eigenvalue weighted by Gasteiger charge is 2.67. The Morgan fingerprint density at radius 1 is 1.41 bits per heavy atom. The number of benzene rings is 1. The molecular formula is C18H22F2N5SSi. The Labute approximate surface area is 162 Å². The summed E-state index contributed by atoms with van der Waals surface area (Å²) in [6.45, 7) is 6.43. The van der Waals surface area contributed by atoms with Crippen molar-refractivity contribution in [3.63, 3.8) is 0 Å². The molecule has 2 aliphatic rings. The Balaban J connectivity index is 1.66. The number of alkyl halides is 1. The quantitative estimate of drug-likeness (QED) is 0.612. The Hall–Kier alpha value is -1.74. The lowest BCUT2D eigenvalue weighted by Crippen LogP contribution is -2.39. The topological polar surface area (TPSA) is 69.1 Å². The molecule has 2 aromatic rings. The minimum absolute atomic E-state index is 0.142. The van der Waals surface area contributed by atoms with Crippen molar-refractivity contribution in [1.82, 2.24) is 15.0 Å². The lowest BCUT2D eigenvalue weighted by Gasteiger charge is -2.33. The summed E-state index contributed by atoms with van der Waals surface area (Å²) in [5, 5.41) is 9.62. The molecule has 0 bridgehead atoms. The van der Waals surface area contributed by atoms with E-state index in [1.807, 2.05) is 10.9 Å². The van der Waals surface area contributed by atoms with Gasteiger partial charge in [-0.15, -0.1) is 5.10 Å². The largest absolute Gasteiger partial charge is 0.399 e. The van der Waals surface area contributed by atoms with E-state index in [4.69, 9.17) is 5.73 Å². The van der Waals surface area contributed by atoms with Crippen molar-refractivity contribution in [3.05, 3.63) is 35.8 Å². The smallest absolute Gasteiger partial charge is 0.129 e. The maximum atomic E-state index is 14.5. The summed E-state index contributed by atoms with van der Waals surface area (Å²) in [6, 6.07) is 4.25. The summed E-state index contributed by atoms with van der Waals surface area (Å²) in [5.41, 5.74) is 8.08. The van der Waals surface area contributed by atoms with E-state index >= 15 is 0 Å². The number of aliphatic imine (C=N–C) groups is 1. The third-order valence-electron chi connectivity index (χ3n) is 5.49. The van der Waals surface area contributed by atoms with E-state index in [-0.39, 0.29) is 16.2 Å². The van der Waals surface area contributed by atoms with Gasteiger partial charge in [0.1, 0.15) is 31.7 Å². The van der Waals surface area contributed by atoms with Crippen LogP contribution in [0.2, 0.25) is 19.6 Å². The van der Waals surface area contributed by atoms with Crippen LogP contribution >= 0.6 is 11.8 Å². The highest BCUT2D eigenvalue weighted by Crippen LogP contribution is 2.66. The van der Waals surface area contributed by atoms with Gasteiger partial charge in [0.2, 0.25) is 0 Å². The van der Waals surface area contributed by atoms with E-state index in [2.05, 4.69) is 40.5 Å². The number of nitrogens with zero attached hydrogens (tertiary/aromatic N) is 4. The fourth-order valence-corrected chi connectivity index (χ4v) is 5.85. The number of nitrogen functional groups attached to an aromatic ring is 1. The lowest BCUT2D eigenvalue weighted by atomic mass is 9.84. The summed E-state index contributed by atoms with van der Waals surface area (Å²) in [7, 11) is -1.55. The third kappa shape index (κ3) is 3.00. The first kappa shape index (κ1) is 18.6. The molecule has 0 spiro atoms. The summed E-state index contributed by atoms with van der Waals surface area (Å²) in [5.74, 6) is -0.626. The van der Waals surface area contributed by atoms with Gasteiger partial charge in [0.15, 0.2) is 0 Å². The maximum absolute atomic E-state index is 14.5. The van der Waals surface area contributed by atoms with E-state index in [9.17, 15) is 8.78 Å². The van der Waals surface area contributed by atoms with Crippen molar-refractivity contribution in [2.45, 2.75) is 42.9 Å². The van der Waals surface area contributed by atoms with Gasteiger partial charge < -0.3 is 5.73 Å². The molecule has 27 heavy (non-hydrogen) atoms. The lowest BCUT2D eigenvalue weighted by molar-refractivity contribution is 0.260. The molecule has 1 aliphatic carbocycles. The number of aromatic nitrogens is 3. The van der Waals surface area contributed by atoms with Crippen LogP contribution in [-0.2, 0) is 12.1 Å². The van der Waals surface area contributed by atoms with Crippen LogP contribution in [0.3, 0.4) is 0 Å². The minimum atomic E-state index is -1.55. The first-order valence-electron chi connectivity index (χ1n) is 8.87. The zero-order valence-corrected chi connectivity index (χ0v) is 17.4. The molecule has 0 amide bonds. The first-order valence-corrected chi connectivity index (χ1v) is 13.2. The summed E-state index contributed by atoms with van der Waals surface area (Å²) < 4.78 is 30.4. The van der Waals surface area contributed by atoms with Crippen LogP contribution in [0.1, 0.15) is 12.0 Å². The molecule has 3 atom stereocenters. The zero-order valence-electron chi connectivity index (χ0n) is 15.5. The van der Waals surface area contributed by atoms with Gasteiger partial charge in [-0.3, -0.25) is 9.67 Å². The Bertz CT molecular complexity index is 911. The van der Waals surface area contributed by atoms with E-state index in [1.54, 1.807) is 0 Å². The number of hydrogen-bond donors (Lipinski definition) is 1. The zero-order chi connectivity index (χ0) is 19.4. The molecule has 2 heterocycles. The molecular weight excluding hydrogens is 384 g/mol. The summed E-state index contributed by atoms with van der Waals surface area (Å²) in [6.07, 6.45) is 2.70. The molecule has 1 fully saturated rings. The molecule has 1 radical (unpaired) electrons. The van der Waals surface area contributed by atoms with E-state index in [0.717, 1.165) is 5.32 Å². The predicted molar refractivity (Wildman–Crippen MR) is 107 cm³/mol. The first-order chi connectivity index (χ1) is 12.7. The third-order valence-corrected chi connectivity index (χ3v) is 8.43. The van der Waals surface area contributed by atoms with Crippen molar-refractivity contribution in [2.75, 3.05) is 12.4 Å². The van der Waals surface area contributed by atoms with Gasteiger partial charge in [0.25, 0.3) is 0 Å². The number of rotatable bonds is 5. The number of fused-ring (bicyclic) bond motifs is 1. The molecule has 1 saturated carbocycles. The number of thioether (sulfide) groups is 1. The maximum Gasteiger partial charge on any atom is 0.129 e. The monoisotopic (exact) mass is 406 g/mol. The standard InChI is InChI=1S/C18H22F2N5SSi/c1-27(2,3)16-8-25(24-23-16)10-17-7-15(17)18(9-19,22-11-26-17)13-6-12(21)4-5-14(13)20/h4-6,8,15H,7,9-10,21H2,1-3H3/t15-,17-,18+/m0/s1. The minimum Gasteiger partial charge on any atom is -0.399 e. The average molecular weight is 407 g/mol. The van der Waals surface area contributed by atoms with Crippen LogP contribution in [0, 0.1) is 11.7 Å². The van der Waals surface area contributed by atoms with Crippen LogP contribution in [0.15, 0.2) is 29.4 Å². The van der Waals surface area contributed by atoms with Gasteiger partial charge in [-0.2, -0.15) is 0 Å². The average Bonchev–Trinajstić information content (AvgIpc) is 3.14. The number of halogens is 2. The number of hydrogen-bond acceptors (Lipinski definition) is 5. The molecule has 0 saturated heterocycles. The fourth-order valence-electron chi connectivity index (χ4n) is 3.79. The van der Waals surface area contributed by atoms with Crippen LogP contribution in [-0.4, -0.2) is 40.0 Å². The highest BCUT2D eigenvalue weighted by molar-refractivity contribution is 8.13. The molecule has 0 unspecified atom stereocenters. The fraction of sp³-hybridized carbons (Fsp3) is 0.500. The molecule has 1 aliphatic heterocycles. The van der Waals surface area contributed by atoms with Crippen molar-refractivity contribution in [1.29, 1.82) is 0 Å². The molecule has 2 N–H and O–H groups in total. The predicted octanol–water partition coefficient (Wildman–Crippen LogP) is 2.82. The second-order valence-corrected chi connectivity index (χ2v) is 14.7. The summed E-state index contributed by atoms with van der Waals surface area (Å²) >= 11 is 1.46. The molecule has 4 rings (SSSR count). The van der Waals surface area contributed by atoms with E-state index in [1.165, 1.54) is 30.0 Å². The van der Waals surface area contributed by atoms with Gasteiger partial charge in [0, 0.05) is 28.1 Å². The van der Waals surface area contributed by atoms with Gasteiger partial charge >= 0.3 is 0 Å². The normalized spacial score (nSPS) is 29.6. The van der Waals surface area contributed by atoms with E-state index in [0.29, 0.717) is 18.7 Å². The molecule has 1 aromatic heterocycles. The van der Waals surface area contributed by atoms with Crippen LogP contribution in [0.4, 0.5) is 14.5 Å².